The van der Waals surface area contributed by atoms with Gasteiger partial charge in [-0.2, -0.15) is 0 Å². The Hall–Kier alpha value is -0.770. The summed E-state index contributed by atoms with van der Waals surface area (Å²) in [6.07, 6.45) is 0.902. The molecule has 0 heterocycles. The number of rotatable bonds is 8. The van der Waals surface area contributed by atoms with Crippen LogP contribution in [0, 0.1) is 0 Å². The van der Waals surface area contributed by atoms with Crippen LogP contribution in [0.3, 0.4) is 0 Å². The number of halogens is 1. The van der Waals surface area contributed by atoms with E-state index in [2.05, 4.69) is 0 Å². The quantitative estimate of drug-likeness (QED) is 0.560. The van der Waals surface area contributed by atoms with Crippen molar-refractivity contribution < 1.29 is 9.47 Å². The Kier molecular flexibility index (Phi) is 6.97. The summed E-state index contributed by atoms with van der Waals surface area (Å²) in [5, 5.41) is 0. The Bertz CT molecular complexity index is 277. The molecular weight excluding hydrogens is 226 g/mol. The molecule has 0 aromatic heterocycles. The molecule has 0 saturated carbocycles. The van der Waals surface area contributed by atoms with Gasteiger partial charge in [-0.15, -0.1) is 11.6 Å². The molecule has 1 aromatic carbocycles. The molecule has 1 rings (SSSR count). The second kappa shape index (κ2) is 8.39. The molecular formula is C12H18ClNO2. The Morgan fingerprint density at radius 3 is 2.44 bits per heavy atom. The molecule has 0 amide bonds. The minimum Gasteiger partial charge on any atom is -0.491 e. The van der Waals surface area contributed by atoms with E-state index in [1.807, 2.05) is 24.3 Å². The van der Waals surface area contributed by atoms with Crippen molar-refractivity contribution in [1.29, 1.82) is 0 Å². The predicted molar refractivity (Wildman–Crippen MR) is 66.2 cm³/mol. The average molecular weight is 244 g/mol. The zero-order valence-electron chi connectivity index (χ0n) is 9.32. The third-order valence-corrected chi connectivity index (χ3v) is 2.23. The molecule has 0 bridgehead atoms. The molecule has 0 fully saturated rings. The van der Waals surface area contributed by atoms with Gasteiger partial charge in [-0.3, -0.25) is 0 Å². The zero-order valence-corrected chi connectivity index (χ0v) is 10.1. The van der Waals surface area contributed by atoms with Gasteiger partial charge >= 0.3 is 0 Å². The highest BCUT2D eigenvalue weighted by Crippen LogP contribution is 2.12. The largest absolute Gasteiger partial charge is 0.491 e. The van der Waals surface area contributed by atoms with E-state index in [0.717, 1.165) is 12.2 Å². The minimum atomic E-state index is 0.522. The summed E-state index contributed by atoms with van der Waals surface area (Å²) in [6, 6.07) is 7.96. The molecule has 90 valence electrons. The fourth-order valence-electron chi connectivity index (χ4n) is 1.29. The molecule has 0 spiro atoms. The molecule has 1 aromatic rings. The summed E-state index contributed by atoms with van der Waals surface area (Å²) in [7, 11) is 0. The molecule has 3 nitrogen and oxygen atoms in total. The summed E-state index contributed by atoms with van der Waals surface area (Å²) < 4.78 is 10.7. The van der Waals surface area contributed by atoms with Gasteiger partial charge in [0.15, 0.2) is 0 Å². The van der Waals surface area contributed by atoms with E-state index >= 15 is 0 Å². The molecule has 0 aliphatic carbocycles. The lowest BCUT2D eigenvalue weighted by Crippen LogP contribution is -2.08. The van der Waals surface area contributed by atoms with Crippen molar-refractivity contribution in [2.75, 3.05) is 32.2 Å². The summed E-state index contributed by atoms with van der Waals surface area (Å²) in [6.45, 7) is 2.36. The summed E-state index contributed by atoms with van der Waals surface area (Å²) in [4.78, 5) is 0. The number of nitrogens with two attached hydrogens (primary N) is 1. The Labute approximate surface area is 101 Å². The topological polar surface area (TPSA) is 44.5 Å². The first kappa shape index (κ1) is 13.3. The van der Waals surface area contributed by atoms with Gasteiger partial charge in [0, 0.05) is 5.88 Å². The fraction of sp³-hybridized carbons (Fsp3) is 0.500. The SMILES string of the molecule is NCCc1ccc(OCCOCCCl)cc1. The van der Waals surface area contributed by atoms with Crippen LogP contribution in [-0.4, -0.2) is 32.2 Å². The van der Waals surface area contributed by atoms with Crippen LogP contribution in [0.25, 0.3) is 0 Å². The number of benzene rings is 1. The summed E-state index contributed by atoms with van der Waals surface area (Å²) >= 11 is 5.47. The number of hydrogen-bond donors (Lipinski definition) is 1. The van der Waals surface area contributed by atoms with Crippen LogP contribution in [-0.2, 0) is 11.2 Å². The molecule has 0 unspecified atom stereocenters. The number of hydrogen-bond acceptors (Lipinski definition) is 3. The Balaban J connectivity index is 2.21. The van der Waals surface area contributed by atoms with E-state index in [0.29, 0.717) is 32.2 Å². The maximum atomic E-state index is 5.49. The molecule has 2 N–H and O–H groups in total. The molecule has 4 heteroatoms. The third kappa shape index (κ3) is 5.35. The van der Waals surface area contributed by atoms with Gasteiger partial charge in [-0.05, 0) is 30.7 Å². The van der Waals surface area contributed by atoms with Gasteiger partial charge in [0.05, 0.1) is 13.2 Å². The van der Waals surface area contributed by atoms with Crippen molar-refractivity contribution in [3.63, 3.8) is 0 Å². The molecule has 0 radical (unpaired) electrons. The molecule has 0 saturated heterocycles. The van der Waals surface area contributed by atoms with Crippen LogP contribution in [0.2, 0.25) is 0 Å². The van der Waals surface area contributed by atoms with Gasteiger partial charge in [0.2, 0.25) is 0 Å². The molecule has 16 heavy (non-hydrogen) atoms. The van der Waals surface area contributed by atoms with Crippen LogP contribution in [0.5, 0.6) is 5.75 Å². The summed E-state index contributed by atoms with van der Waals surface area (Å²) in [5.41, 5.74) is 6.70. The van der Waals surface area contributed by atoms with E-state index in [9.17, 15) is 0 Å². The van der Waals surface area contributed by atoms with Gasteiger partial charge in [-0.25, -0.2) is 0 Å². The first-order chi connectivity index (χ1) is 7.86. The normalized spacial score (nSPS) is 10.4. The lowest BCUT2D eigenvalue weighted by molar-refractivity contribution is 0.111. The van der Waals surface area contributed by atoms with E-state index in [1.54, 1.807) is 0 Å². The van der Waals surface area contributed by atoms with Crippen LogP contribution in [0.15, 0.2) is 24.3 Å². The first-order valence-electron chi connectivity index (χ1n) is 5.42. The maximum absolute atomic E-state index is 5.49. The van der Waals surface area contributed by atoms with Crippen molar-refractivity contribution in [2.24, 2.45) is 5.73 Å². The number of ether oxygens (including phenoxy) is 2. The highest BCUT2D eigenvalue weighted by atomic mass is 35.5. The van der Waals surface area contributed by atoms with Crippen molar-refractivity contribution in [2.45, 2.75) is 6.42 Å². The van der Waals surface area contributed by atoms with Crippen LogP contribution in [0.1, 0.15) is 5.56 Å². The van der Waals surface area contributed by atoms with Crippen molar-refractivity contribution in [3.05, 3.63) is 29.8 Å². The van der Waals surface area contributed by atoms with Crippen molar-refractivity contribution in [1.82, 2.24) is 0 Å². The van der Waals surface area contributed by atoms with Gasteiger partial charge < -0.3 is 15.2 Å². The van der Waals surface area contributed by atoms with E-state index < -0.39 is 0 Å². The van der Waals surface area contributed by atoms with Gasteiger partial charge in [0.25, 0.3) is 0 Å². The first-order valence-corrected chi connectivity index (χ1v) is 5.96. The van der Waals surface area contributed by atoms with Crippen molar-refractivity contribution in [3.8, 4) is 5.75 Å². The highest BCUT2D eigenvalue weighted by Gasteiger charge is 1.95. The maximum Gasteiger partial charge on any atom is 0.119 e. The van der Waals surface area contributed by atoms with Crippen LogP contribution < -0.4 is 10.5 Å². The predicted octanol–water partition coefficient (Wildman–Crippen LogP) is 1.82. The van der Waals surface area contributed by atoms with Crippen LogP contribution in [0.4, 0.5) is 0 Å². The molecule has 0 aliphatic rings. The van der Waals surface area contributed by atoms with Gasteiger partial charge in [-0.1, -0.05) is 12.1 Å². The standard InChI is InChI=1S/C12H18ClNO2/c13-6-8-15-9-10-16-12-3-1-11(2-4-12)5-7-14/h1-4H,5-10,14H2. The fourth-order valence-corrected chi connectivity index (χ4v) is 1.40. The monoisotopic (exact) mass is 243 g/mol. The third-order valence-electron chi connectivity index (χ3n) is 2.07. The highest BCUT2D eigenvalue weighted by molar-refractivity contribution is 6.17. The van der Waals surface area contributed by atoms with Crippen LogP contribution >= 0.6 is 11.6 Å². The smallest absolute Gasteiger partial charge is 0.119 e. The van der Waals surface area contributed by atoms with E-state index in [4.69, 9.17) is 26.8 Å². The van der Waals surface area contributed by atoms with Crippen molar-refractivity contribution >= 4 is 11.6 Å². The Morgan fingerprint density at radius 2 is 1.81 bits per heavy atom. The molecule has 0 aliphatic heterocycles. The Morgan fingerprint density at radius 1 is 1.06 bits per heavy atom. The average Bonchev–Trinajstić information content (AvgIpc) is 2.31. The second-order valence-corrected chi connectivity index (χ2v) is 3.71. The second-order valence-electron chi connectivity index (χ2n) is 3.33. The molecule has 0 atom stereocenters. The lowest BCUT2D eigenvalue weighted by atomic mass is 10.1. The van der Waals surface area contributed by atoms with E-state index in [1.165, 1.54) is 5.56 Å². The summed E-state index contributed by atoms with van der Waals surface area (Å²) in [5.74, 6) is 1.38. The van der Waals surface area contributed by atoms with E-state index in [-0.39, 0.29) is 0 Å². The van der Waals surface area contributed by atoms with Gasteiger partial charge in [0.1, 0.15) is 12.4 Å². The number of alkyl halides is 1. The zero-order chi connectivity index (χ0) is 11.6. The lowest BCUT2D eigenvalue weighted by Gasteiger charge is -2.07. The minimum absolute atomic E-state index is 0.522.